The number of ether oxygens (including phenoxy) is 4. The summed E-state index contributed by atoms with van der Waals surface area (Å²) in [5.74, 6) is -2.54. The van der Waals surface area contributed by atoms with Gasteiger partial charge in [0.2, 0.25) is 6.23 Å². The number of esters is 4. The summed E-state index contributed by atoms with van der Waals surface area (Å²) in [6.45, 7) is 4.45. The maximum absolute atomic E-state index is 11.4. The lowest BCUT2D eigenvalue weighted by Crippen LogP contribution is -2.63. The van der Waals surface area contributed by atoms with Crippen molar-refractivity contribution in [3.8, 4) is 0 Å². The summed E-state index contributed by atoms with van der Waals surface area (Å²) in [6.07, 6.45) is -4.37. The Morgan fingerprint density at radius 2 is 1.33 bits per heavy atom. The molecule has 1 aliphatic heterocycles. The average Bonchev–Trinajstić information content (AvgIpc) is 2.42. The summed E-state index contributed by atoms with van der Waals surface area (Å²) in [6, 6.07) is 0. The van der Waals surface area contributed by atoms with Crippen LogP contribution in [0, 0.1) is 0 Å². The van der Waals surface area contributed by atoms with Gasteiger partial charge in [0.1, 0.15) is 6.61 Å². The molecule has 10 heteroatoms. The molecule has 136 valence electrons. The van der Waals surface area contributed by atoms with Gasteiger partial charge < -0.3 is 18.9 Å². The molecule has 1 saturated heterocycles. The van der Waals surface area contributed by atoms with Gasteiger partial charge in [0.15, 0.2) is 18.3 Å². The number of carbonyl (C=O) groups excluding carboxylic acids is 4. The third kappa shape index (κ3) is 5.78. The van der Waals surface area contributed by atoms with Gasteiger partial charge in [-0.25, -0.2) is 0 Å². The summed E-state index contributed by atoms with van der Waals surface area (Å²) in [5.41, 5.74) is 0. The van der Waals surface area contributed by atoms with Gasteiger partial charge >= 0.3 is 23.9 Å². The quantitative estimate of drug-likeness (QED) is 0.478. The van der Waals surface area contributed by atoms with Crippen LogP contribution in [-0.4, -0.2) is 67.1 Å². The summed E-state index contributed by atoms with van der Waals surface area (Å²) in [4.78, 5) is 50.6. The van der Waals surface area contributed by atoms with E-state index in [9.17, 15) is 19.2 Å². The van der Waals surface area contributed by atoms with E-state index in [1.807, 2.05) is 0 Å². The van der Waals surface area contributed by atoms with Crippen LogP contribution in [0.5, 0.6) is 0 Å². The van der Waals surface area contributed by atoms with Gasteiger partial charge in [-0.05, 0) is 0 Å². The molecule has 0 aromatic heterocycles. The number of hydrogen-bond donors (Lipinski definition) is 0. The number of carbonyl (C=O) groups is 4. The SMILES string of the molecule is CC(=O)OCC1ON(C)C(OC(C)=O)C(OC(C)=O)C1OC(C)=O. The lowest BCUT2D eigenvalue weighted by atomic mass is 10.0. The number of hydrogen-bond acceptors (Lipinski definition) is 10. The van der Waals surface area contributed by atoms with E-state index < -0.39 is 48.4 Å². The molecular weight excluding hydrogens is 326 g/mol. The van der Waals surface area contributed by atoms with E-state index in [-0.39, 0.29) is 6.61 Å². The fourth-order valence-electron chi connectivity index (χ4n) is 2.20. The molecule has 1 aliphatic rings. The Balaban J connectivity index is 3.11. The van der Waals surface area contributed by atoms with Gasteiger partial charge in [0.05, 0.1) is 0 Å². The Morgan fingerprint density at radius 3 is 1.79 bits per heavy atom. The first-order chi connectivity index (χ1) is 11.1. The second kappa shape index (κ2) is 8.60. The molecule has 0 aliphatic carbocycles. The van der Waals surface area contributed by atoms with Gasteiger partial charge in [-0.3, -0.25) is 24.0 Å². The first-order valence-electron chi connectivity index (χ1n) is 7.16. The smallest absolute Gasteiger partial charge is 0.304 e. The summed E-state index contributed by atoms with van der Waals surface area (Å²) >= 11 is 0. The summed E-state index contributed by atoms with van der Waals surface area (Å²) in [5, 5.41) is 1.14. The minimum Gasteiger partial charge on any atom is -0.463 e. The lowest BCUT2D eigenvalue weighted by molar-refractivity contribution is -0.346. The Labute approximate surface area is 138 Å². The highest BCUT2D eigenvalue weighted by Gasteiger charge is 2.50. The molecule has 0 aromatic rings. The molecule has 0 spiro atoms. The van der Waals surface area contributed by atoms with Gasteiger partial charge in [-0.2, -0.15) is 0 Å². The van der Waals surface area contributed by atoms with Crippen molar-refractivity contribution < 1.29 is 43.0 Å². The highest BCUT2D eigenvalue weighted by Crippen LogP contribution is 2.27. The molecule has 4 unspecified atom stereocenters. The molecule has 0 saturated carbocycles. The molecule has 0 aromatic carbocycles. The third-order valence-corrected chi connectivity index (χ3v) is 2.97. The van der Waals surface area contributed by atoms with E-state index in [0.29, 0.717) is 0 Å². The van der Waals surface area contributed by atoms with Crippen LogP contribution < -0.4 is 0 Å². The predicted octanol–water partition coefficient (Wildman–Crippen LogP) is -0.452. The topological polar surface area (TPSA) is 118 Å². The van der Waals surface area contributed by atoms with Gasteiger partial charge in [-0.1, -0.05) is 0 Å². The van der Waals surface area contributed by atoms with Crippen LogP contribution in [0.1, 0.15) is 27.7 Å². The van der Waals surface area contributed by atoms with Gasteiger partial charge in [0, 0.05) is 34.7 Å². The van der Waals surface area contributed by atoms with Crippen molar-refractivity contribution in [3.05, 3.63) is 0 Å². The van der Waals surface area contributed by atoms with Crippen molar-refractivity contribution in [2.45, 2.75) is 52.2 Å². The Bertz CT molecular complexity index is 506. The molecular formula is C14H21NO9. The van der Waals surface area contributed by atoms with Crippen LogP contribution in [0.2, 0.25) is 0 Å². The van der Waals surface area contributed by atoms with Crippen molar-refractivity contribution in [2.75, 3.05) is 13.7 Å². The molecule has 0 amide bonds. The normalized spacial score (nSPS) is 27.0. The maximum Gasteiger partial charge on any atom is 0.304 e. The maximum atomic E-state index is 11.4. The fourth-order valence-corrected chi connectivity index (χ4v) is 2.20. The second-order valence-electron chi connectivity index (χ2n) is 5.14. The molecule has 10 nitrogen and oxygen atoms in total. The van der Waals surface area contributed by atoms with Crippen molar-refractivity contribution in [3.63, 3.8) is 0 Å². The number of rotatable bonds is 5. The number of hydroxylamine groups is 2. The first-order valence-corrected chi connectivity index (χ1v) is 7.16. The first kappa shape index (κ1) is 19.8. The monoisotopic (exact) mass is 347 g/mol. The Morgan fingerprint density at radius 1 is 0.833 bits per heavy atom. The highest BCUT2D eigenvalue weighted by atomic mass is 16.8. The van der Waals surface area contributed by atoms with E-state index in [2.05, 4.69) is 0 Å². The van der Waals surface area contributed by atoms with Crippen LogP contribution in [0.3, 0.4) is 0 Å². The minimum absolute atomic E-state index is 0.248. The van der Waals surface area contributed by atoms with E-state index >= 15 is 0 Å². The van der Waals surface area contributed by atoms with Crippen LogP contribution in [-0.2, 0) is 43.0 Å². The summed E-state index contributed by atoms with van der Waals surface area (Å²) in [7, 11) is 1.44. The molecule has 0 radical (unpaired) electrons. The number of nitrogens with zero attached hydrogens (tertiary/aromatic N) is 1. The van der Waals surface area contributed by atoms with Crippen molar-refractivity contribution in [2.24, 2.45) is 0 Å². The van der Waals surface area contributed by atoms with E-state index in [1.54, 1.807) is 0 Å². The van der Waals surface area contributed by atoms with Gasteiger partial charge in [0.25, 0.3) is 0 Å². The van der Waals surface area contributed by atoms with Crippen molar-refractivity contribution in [1.82, 2.24) is 5.06 Å². The van der Waals surface area contributed by atoms with Crippen LogP contribution in [0.15, 0.2) is 0 Å². The molecule has 24 heavy (non-hydrogen) atoms. The molecule has 0 N–H and O–H groups in total. The van der Waals surface area contributed by atoms with Crippen LogP contribution >= 0.6 is 0 Å². The van der Waals surface area contributed by atoms with E-state index in [4.69, 9.17) is 23.8 Å². The molecule has 1 rings (SSSR count). The van der Waals surface area contributed by atoms with Crippen LogP contribution in [0.25, 0.3) is 0 Å². The lowest BCUT2D eigenvalue weighted by Gasteiger charge is -2.44. The zero-order valence-electron chi connectivity index (χ0n) is 14.1. The number of likely N-dealkylation sites (N-methyl/N-ethyl adjacent to an activating group) is 1. The summed E-state index contributed by atoms with van der Waals surface area (Å²) < 4.78 is 20.3. The molecule has 1 fully saturated rings. The predicted molar refractivity (Wildman–Crippen MR) is 75.9 cm³/mol. The Kier molecular flexibility index (Phi) is 7.11. The average molecular weight is 347 g/mol. The molecule has 1 heterocycles. The highest BCUT2D eigenvalue weighted by molar-refractivity contribution is 5.68. The zero-order chi connectivity index (χ0) is 18.4. The largest absolute Gasteiger partial charge is 0.463 e. The zero-order valence-corrected chi connectivity index (χ0v) is 14.1. The van der Waals surface area contributed by atoms with E-state index in [1.165, 1.54) is 20.9 Å². The minimum atomic E-state index is -1.16. The fraction of sp³-hybridized carbons (Fsp3) is 0.714. The van der Waals surface area contributed by atoms with Crippen molar-refractivity contribution in [1.29, 1.82) is 0 Å². The van der Waals surface area contributed by atoms with Gasteiger partial charge in [-0.15, -0.1) is 5.06 Å². The molecule has 4 atom stereocenters. The molecule has 0 bridgehead atoms. The van der Waals surface area contributed by atoms with Crippen molar-refractivity contribution >= 4 is 23.9 Å². The second-order valence-corrected chi connectivity index (χ2v) is 5.14. The standard InChI is InChI=1S/C14H21NO9/c1-7(16)20-6-11-12(21-8(2)17)13(22-9(3)18)14(15(5)24-11)23-10(4)19/h11-14H,6H2,1-5H3. The van der Waals surface area contributed by atoms with Crippen LogP contribution in [0.4, 0.5) is 0 Å². The Hall–Kier alpha value is -2.20. The third-order valence-electron chi connectivity index (χ3n) is 2.97. The van der Waals surface area contributed by atoms with E-state index in [0.717, 1.165) is 18.9 Å².